The third-order valence-corrected chi connectivity index (χ3v) is 4.57. The Morgan fingerprint density at radius 3 is 1.88 bits per heavy atom. The summed E-state index contributed by atoms with van der Waals surface area (Å²) < 4.78 is 21.5. The van der Waals surface area contributed by atoms with Crippen LogP contribution in [0, 0.1) is 0 Å². The summed E-state index contributed by atoms with van der Waals surface area (Å²) in [6, 6.07) is 0. The molecule has 1 fully saturated rings. The summed E-state index contributed by atoms with van der Waals surface area (Å²) in [6.45, 7) is 13.1. The van der Waals surface area contributed by atoms with E-state index in [0.29, 0.717) is 39.6 Å². The summed E-state index contributed by atoms with van der Waals surface area (Å²) >= 11 is 12.6. The molecule has 0 amide bonds. The fourth-order valence-corrected chi connectivity index (χ4v) is 2.63. The molecule has 6 nitrogen and oxygen atoms in total. The lowest BCUT2D eigenvalue weighted by atomic mass is 9.89. The van der Waals surface area contributed by atoms with Gasteiger partial charge in [0.2, 0.25) is 4.52 Å². The number of halogens is 2. The number of alkyl halides is 2. The first-order valence-electron chi connectivity index (χ1n) is 8.45. The Balaban J connectivity index is 2.61. The van der Waals surface area contributed by atoms with Gasteiger partial charge in [0, 0.05) is 19.6 Å². The maximum atomic E-state index is 6.31. The highest BCUT2D eigenvalue weighted by Gasteiger charge is 2.44. The summed E-state index contributed by atoms with van der Waals surface area (Å²) in [7, 11) is 0. The lowest BCUT2D eigenvalue weighted by Gasteiger charge is -2.44. The van der Waals surface area contributed by atoms with Crippen LogP contribution in [0.1, 0.15) is 27.7 Å². The second kappa shape index (κ2) is 10.5. The van der Waals surface area contributed by atoms with E-state index in [4.69, 9.17) is 42.1 Å². The van der Waals surface area contributed by atoms with Crippen LogP contribution in [0.4, 0.5) is 0 Å². The molecule has 1 aliphatic heterocycles. The largest absolute Gasteiger partial charge is 0.378 e. The second-order valence-electron chi connectivity index (χ2n) is 6.76. The average Bonchev–Trinajstić information content (AvgIpc) is 2.45. The van der Waals surface area contributed by atoms with Crippen LogP contribution in [0.3, 0.4) is 0 Å². The van der Waals surface area contributed by atoms with Crippen molar-refractivity contribution in [1.29, 1.82) is 0 Å². The van der Waals surface area contributed by atoms with Gasteiger partial charge in [-0.25, -0.2) is 0 Å². The third kappa shape index (κ3) is 8.63. The molecule has 0 saturated carbocycles. The van der Waals surface area contributed by atoms with E-state index in [1.807, 2.05) is 27.7 Å². The van der Waals surface area contributed by atoms with Gasteiger partial charge < -0.3 is 29.6 Å². The predicted octanol–water partition coefficient (Wildman–Crippen LogP) is 1.93. The van der Waals surface area contributed by atoms with Crippen molar-refractivity contribution in [3.63, 3.8) is 0 Å². The van der Waals surface area contributed by atoms with Gasteiger partial charge in [0.15, 0.2) is 0 Å². The second-order valence-corrected chi connectivity index (χ2v) is 8.17. The predicted molar refractivity (Wildman–Crippen MR) is 97.0 cm³/mol. The van der Waals surface area contributed by atoms with Crippen molar-refractivity contribution in [3.05, 3.63) is 0 Å². The van der Waals surface area contributed by atoms with E-state index in [1.54, 1.807) is 0 Å². The minimum atomic E-state index is -1.35. The molecule has 1 aliphatic rings. The summed E-state index contributed by atoms with van der Waals surface area (Å²) in [5.74, 6) is 0. The fraction of sp³-hybridized carbons (Fsp3) is 1.00. The van der Waals surface area contributed by atoms with Crippen LogP contribution in [-0.2, 0) is 18.9 Å². The molecule has 0 aliphatic carbocycles. The zero-order chi connectivity index (χ0) is 18.1. The topological polar surface area (TPSA) is 61.0 Å². The molecule has 0 bridgehead atoms. The number of rotatable bonds is 0. The molecule has 0 radical (unpaired) electrons. The van der Waals surface area contributed by atoms with Crippen molar-refractivity contribution in [1.82, 2.24) is 10.6 Å². The van der Waals surface area contributed by atoms with E-state index in [1.165, 1.54) is 0 Å². The molecule has 0 aromatic heterocycles. The van der Waals surface area contributed by atoms with Gasteiger partial charge in [-0.15, -0.1) is 0 Å². The lowest BCUT2D eigenvalue weighted by molar-refractivity contribution is -0.190. The average molecular weight is 387 g/mol. The highest BCUT2D eigenvalue weighted by atomic mass is 35.5. The van der Waals surface area contributed by atoms with E-state index >= 15 is 0 Å². The molecule has 2 N–H and O–H groups in total. The maximum Gasteiger partial charge on any atom is 0.230 e. The molecular formula is C16H32Cl2N2O4. The minimum absolute atomic E-state index is 0.289. The van der Waals surface area contributed by atoms with Gasteiger partial charge in [0.1, 0.15) is 0 Å². The van der Waals surface area contributed by atoms with Gasteiger partial charge in [0.05, 0.1) is 50.8 Å². The normalized spacial score (nSPS) is 27.8. The molecular weight excluding hydrogens is 355 g/mol. The monoisotopic (exact) mass is 386 g/mol. The SMILES string of the molecule is CC1(C)OCCNCCOCCOCCNCC(Cl)(Cl)OC1(C)C. The zero-order valence-electron chi connectivity index (χ0n) is 15.3. The molecule has 0 aromatic rings. The molecule has 1 rings (SSSR count). The molecule has 8 heteroatoms. The molecule has 24 heavy (non-hydrogen) atoms. The van der Waals surface area contributed by atoms with Gasteiger partial charge in [-0.1, -0.05) is 23.2 Å². The zero-order valence-corrected chi connectivity index (χ0v) is 16.8. The van der Waals surface area contributed by atoms with Crippen LogP contribution in [0.15, 0.2) is 0 Å². The Morgan fingerprint density at radius 1 is 0.708 bits per heavy atom. The quantitative estimate of drug-likeness (QED) is 0.620. The Labute approximate surface area is 155 Å². The highest BCUT2D eigenvalue weighted by molar-refractivity contribution is 6.47. The smallest absolute Gasteiger partial charge is 0.230 e. The third-order valence-electron chi connectivity index (χ3n) is 4.15. The van der Waals surface area contributed by atoms with Gasteiger partial charge in [-0.2, -0.15) is 0 Å². The van der Waals surface area contributed by atoms with Gasteiger partial charge >= 0.3 is 0 Å². The maximum absolute atomic E-state index is 6.31. The van der Waals surface area contributed by atoms with Crippen molar-refractivity contribution in [2.45, 2.75) is 43.4 Å². The summed E-state index contributed by atoms with van der Waals surface area (Å²) in [6.07, 6.45) is 0. The van der Waals surface area contributed by atoms with Crippen LogP contribution in [0.25, 0.3) is 0 Å². The minimum Gasteiger partial charge on any atom is -0.378 e. The first kappa shape index (κ1) is 22.4. The van der Waals surface area contributed by atoms with Crippen LogP contribution in [-0.4, -0.2) is 74.9 Å². The summed E-state index contributed by atoms with van der Waals surface area (Å²) in [4.78, 5) is 0. The van der Waals surface area contributed by atoms with Crippen molar-refractivity contribution in [2.24, 2.45) is 0 Å². The Bertz CT molecular complexity index is 355. The summed E-state index contributed by atoms with van der Waals surface area (Å²) in [5.41, 5.74) is -1.24. The molecule has 144 valence electrons. The van der Waals surface area contributed by atoms with Crippen LogP contribution >= 0.6 is 23.2 Å². The van der Waals surface area contributed by atoms with Crippen molar-refractivity contribution in [2.75, 3.05) is 59.2 Å². The Morgan fingerprint density at radius 2 is 1.25 bits per heavy atom. The molecule has 0 spiro atoms. The van der Waals surface area contributed by atoms with E-state index in [9.17, 15) is 0 Å². The van der Waals surface area contributed by atoms with Crippen molar-refractivity contribution in [3.8, 4) is 0 Å². The Kier molecular flexibility index (Phi) is 9.77. The summed E-state index contributed by atoms with van der Waals surface area (Å²) in [5, 5.41) is 6.42. The van der Waals surface area contributed by atoms with E-state index in [0.717, 1.165) is 13.1 Å². The molecule has 0 unspecified atom stereocenters. The molecule has 1 saturated heterocycles. The lowest BCUT2D eigenvalue weighted by Crippen LogP contribution is -2.54. The standard InChI is InChI=1S/C16H32Cl2N2O4/c1-14(2)15(3,4)24-16(17,18)13-20-6-9-22-12-11-21-8-5-19-7-10-23-14/h19-20H,5-13H2,1-4H3. The van der Waals surface area contributed by atoms with Crippen molar-refractivity contribution >= 4 is 23.2 Å². The van der Waals surface area contributed by atoms with Crippen LogP contribution in [0.5, 0.6) is 0 Å². The number of hydrogen-bond donors (Lipinski definition) is 2. The first-order chi connectivity index (χ1) is 11.2. The van der Waals surface area contributed by atoms with E-state index in [-0.39, 0.29) is 6.54 Å². The van der Waals surface area contributed by atoms with Gasteiger partial charge in [0.25, 0.3) is 0 Å². The highest BCUT2D eigenvalue weighted by Crippen LogP contribution is 2.36. The number of nitrogens with one attached hydrogen (secondary N) is 2. The number of ether oxygens (including phenoxy) is 4. The van der Waals surface area contributed by atoms with Crippen LogP contribution < -0.4 is 10.6 Å². The first-order valence-corrected chi connectivity index (χ1v) is 9.21. The molecule has 1 heterocycles. The van der Waals surface area contributed by atoms with Crippen LogP contribution in [0.2, 0.25) is 0 Å². The molecule has 0 atom stereocenters. The van der Waals surface area contributed by atoms with E-state index < -0.39 is 15.7 Å². The van der Waals surface area contributed by atoms with Gasteiger partial charge in [-0.05, 0) is 27.7 Å². The molecule has 0 aromatic carbocycles. The fourth-order valence-electron chi connectivity index (χ4n) is 2.05. The van der Waals surface area contributed by atoms with Gasteiger partial charge in [-0.3, -0.25) is 0 Å². The Hall–Kier alpha value is 0.340. The number of hydrogen-bond acceptors (Lipinski definition) is 6. The van der Waals surface area contributed by atoms with Crippen molar-refractivity contribution < 1.29 is 18.9 Å². The van der Waals surface area contributed by atoms with E-state index in [2.05, 4.69) is 10.6 Å².